The third-order valence-corrected chi connectivity index (χ3v) is 3.55. The average Bonchev–Trinajstić information content (AvgIpc) is 2.66. The van der Waals surface area contributed by atoms with E-state index in [4.69, 9.17) is 5.73 Å². The molecule has 0 aliphatic carbocycles. The largest absolute Gasteiger partial charge is 0.397 e. The van der Waals surface area contributed by atoms with Crippen LogP contribution in [0, 0.1) is 13.8 Å². The standard InChI is InChI=1S/C13H16N2S/c1-9-3-4-12(14)13(5-9)15-6-11-8-16-7-10(11)2/h3-5,7-8,15H,6,14H2,1-2H3. The second-order valence-electron chi connectivity index (χ2n) is 4.02. The van der Waals surface area contributed by atoms with Gasteiger partial charge in [0.15, 0.2) is 0 Å². The van der Waals surface area contributed by atoms with Crippen molar-refractivity contribution >= 4 is 22.7 Å². The van der Waals surface area contributed by atoms with E-state index in [0.717, 1.165) is 17.9 Å². The smallest absolute Gasteiger partial charge is 0.0579 e. The number of hydrogen-bond acceptors (Lipinski definition) is 3. The monoisotopic (exact) mass is 232 g/mol. The van der Waals surface area contributed by atoms with Crippen LogP contribution >= 0.6 is 11.3 Å². The molecule has 0 bridgehead atoms. The highest BCUT2D eigenvalue weighted by Gasteiger charge is 2.01. The average molecular weight is 232 g/mol. The van der Waals surface area contributed by atoms with Crippen LogP contribution in [0.1, 0.15) is 16.7 Å². The highest BCUT2D eigenvalue weighted by molar-refractivity contribution is 7.08. The number of nitrogens with two attached hydrogens (primary N) is 1. The lowest BCUT2D eigenvalue weighted by molar-refractivity contribution is 1.14. The van der Waals surface area contributed by atoms with Crippen LogP contribution in [0.5, 0.6) is 0 Å². The summed E-state index contributed by atoms with van der Waals surface area (Å²) in [6.45, 7) is 5.04. The second-order valence-corrected chi connectivity index (χ2v) is 4.77. The Morgan fingerprint density at radius 1 is 1.25 bits per heavy atom. The zero-order valence-corrected chi connectivity index (χ0v) is 10.4. The number of hydrogen-bond donors (Lipinski definition) is 2. The molecule has 0 unspecified atom stereocenters. The molecule has 2 aromatic rings. The van der Waals surface area contributed by atoms with Gasteiger partial charge < -0.3 is 11.1 Å². The van der Waals surface area contributed by atoms with Crippen molar-refractivity contribution in [2.75, 3.05) is 11.1 Å². The van der Waals surface area contributed by atoms with Gasteiger partial charge in [-0.05, 0) is 53.4 Å². The lowest BCUT2D eigenvalue weighted by Crippen LogP contribution is -2.02. The fourth-order valence-corrected chi connectivity index (χ4v) is 2.44. The Morgan fingerprint density at radius 3 is 2.75 bits per heavy atom. The minimum atomic E-state index is 0.804. The van der Waals surface area contributed by atoms with Crippen LogP contribution < -0.4 is 11.1 Å². The van der Waals surface area contributed by atoms with E-state index in [1.807, 2.05) is 12.1 Å². The highest BCUT2D eigenvalue weighted by Crippen LogP contribution is 2.21. The first kappa shape index (κ1) is 11.0. The summed E-state index contributed by atoms with van der Waals surface area (Å²) in [7, 11) is 0. The predicted molar refractivity (Wildman–Crippen MR) is 72.0 cm³/mol. The number of nitrogen functional groups attached to an aromatic ring is 1. The van der Waals surface area contributed by atoms with Crippen molar-refractivity contribution in [1.29, 1.82) is 0 Å². The summed E-state index contributed by atoms with van der Waals surface area (Å²) in [5.41, 5.74) is 11.6. The molecule has 3 heteroatoms. The van der Waals surface area contributed by atoms with E-state index in [1.54, 1.807) is 11.3 Å². The van der Waals surface area contributed by atoms with Crippen LogP contribution in [0.4, 0.5) is 11.4 Å². The maximum Gasteiger partial charge on any atom is 0.0579 e. The summed E-state index contributed by atoms with van der Waals surface area (Å²) < 4.78 is 0. The quantitative estimate of drug-likeness (QED) is 0.794. The zero-order valence-electron chi connectivity index (χ0n) is 9.58. The minimum absolute atomic E-state index is 0.804. The Labute approximate surface area is 100 Å². The van der Waals surface area contributed by atoms with Crippen LogP contribution in [0.25, 0.3) is 0 Å². The highest BCUT2D eigenvalue weighted by atomic mass is 32.1. The van der Waals surface area contributed by atoms with Gasteiger partial charge in [-0.15, -0.1) is 0 Å². The molecule has 0 radical (unpaired) electrons. The van der Waals surface area contributed by atoms with Crippen molar-refractivity contribution < 1.29 is 0 Å². The minimum Gasteiger partial charge on any atom is -0.397 e. The van der Waals surface area contributed by atoms with Gasteiger partial charge in [0.2, 0.25) is 0 Å². The Bertz CT molecular complexity index is 488. The van der Waals surface area contributed by atoms with E-state index in [9.17, 15) is 0 Å². The number of rotatable bonds is 3. The van der Waals surface area contributed by atoms with E-state index in [1.165, 1.54) is 16.7 Å². The summed E-state index contributed by atoms with van der Waals surface area (Å²) in [6.07, 6.45) is 0. The van der Waals surface area contributed by atoms with Gasteiger partial charge in [0, 0.05) is 6.54 Å². The Kier molecular flexibility index (Phi) is 3.15. The Balaban J connectivity index is 2.10. The lowest BCUT2D eigenvalue weighted by atomic mass is 10.1. The van der Waals surface area contributed by atoms with Gasteiger partial charge >= 0.3 is 0 Å². The Morgan fingerprint density at radius 2 is 2.06 bits per heavy atom. The predicted octanol–water partition coefficient (Wildman–Crippen LogP) is 3.56. The van der Waals surface area contributed by atoms with Gasteiger partial charge in [-0.2, -0.15) is 11.3 Å². The van der Waals surface area contributed by atoms with Crippen molar-refractivity contribution in [3.8, 4) is 0 Å². The molecule has 16 heavy (non-hydrogen) atoms. The van der Waals surface area contributed by atoms with Crippen LogP contribution in [0.15, 0.2) is 29.0 Å². The first-order chi connectivity index (χ1) is 7.66. The molecule has 0 fully saturated rings. The van der Waals surface area contributed by atoms with Crippen molar-refractivity contribution in [3.63, 3.8) is 0 Å². The molecule has 2 rings (SSSR count). The SMILES string of the molecule is Cc1ccc(N)c(NCc2cscc2C)c1. The van der Waals surface area contributed by atoms with Crippen LogP contribution in [0.2, 0.25) is 0 Å². The van der Waals surface area contributed by atoms with Crippen molar-refractivity contribution in [1.82, 2.24) is 0 Å². The maximum absolute atomic E-state index is 5.91. The molecule has 1 aromatic carbocycles. The summed E-state index contributed by atoms with van der Waals surface area (Å²) in [6, 6.07) is 6.05. The van der Waals surface area contributed by atoms with Crippen molar-refractivity contribution in [2.24, 2.45) is 0 Å². The molecule has 3 N–H and O–H groups in total. The first-order valence-corrected chi connectivity index (χ1v) is 6.23. The molecule has 0 amide bonds. The number of nitrogens with one attached hydrogen (secondary N) is 1. The molecule has 0 saturated carbocycles. The van der Waals surface area contributed by atoms with Gasteiger partial charge in [-0.25, -0.2) is 0 Å². The normalized spacial score (nSPS) is 10.4. The molecule has 0 atom stereocenters. The fraction of sp³-hybridized carbons (Fsp3) is 0.231. The number of aryl methyl sites for hydroxylation is 2. The molecule has 1 heterocycles. The molecule has 2 nitrogen and oxygen atoms in total. The summed E-state index contributed by atoms with van der Waals surface area (Å²) in [5, 5.41) is 7.72. The molecule has 84 valence electrons. The molecule has 0 spiro atoms. The molecular formula is C13H16N2S. The lowest BCUT2D eigenvalue weighted by Gasteiger charge is -2.10. The zero-order chi connectivity index (χ0) is 11.5. The van der Waals surface area contributed by atoms with Gasteiger partial charge in [0.25, 0.3) is 0 Å². The topological polar surface area (TPSA) is 38.0 Å². The van der Waals surface area contributed by atoms with Crippen molar-refractivity contribution in [3.05, 3.63) is 45.6 Å². The summed E-state index contributed by atoms with van der Waals surface area (Å²) >= 11 is 1.74. The third-order valence-electron chi connectivity index (χ3n) is 2.64. The number of anilines is 2. The number of benzene rings is 1. The van der Waals surface area contributed by atoms with Gasteiger partial charge in [-0.3, -0.25) is 0 Å². The van der Waals surface area contributed by atoms with Crippen molar-refractivity contribution in [2.45, 2.75) is 20.4 Å². The molecule has 1 aromatic heterocycles. The van der Waals surface area contributed by atoms with E-state index < -0.39 is 0 Å². The first-order valence-electron chi connectivity index (χ1n) is 5.28. The summed E-state index contributed by atoms with van der Waals surface area (Å²) in [4.78, 5) is 0. The molecular weight excluding hydrogens is 216 g/mol. The van der Waals surface area contributed by atoms with Gasteiger partial charge in [0.05, 0.1) is 11.4 Å². The van der Waals surface area contributed by atoms with E-state index >= 15 is 0 Å². The second kappa shape index (κ2) is 4.58. The molecule has 0 aliphatic heterocycles. The van der Waals surface area contributed by atoms with Gasteiger partial charge in [0.1, 0.15) is 0 Å². The number of thiophene rings is 1. The van der Waals surface area contributed by atoms with Crippen LogP contribution in [-0.4, -0.2) is 0 Å². The van der Waals surface area contributed by atoms with E-state index in [0.29, 0.717) is 0 Å². The van der Waals surface area contributed by atoms with E-state index in [-0.39, 0.29) is 0 Å². The third kappa shape index (κ3) is 2.36. The Hall–Kier alpha value is -1.48. The summed E-state index contributed by atoms with van der Waals surface area (Å²) in [5.74, 6) is 0. The fourth-order valence-electron chi connectivity index (χ4n) is 1.58. The van der Waals surface area contributed by atoms with Crippen LogP contribution in [-0.2, 0) is 6.54 Å². The maximum atomic E-state index is 5.91. The molecule has 0 aliphatic rings. The van der Waals surface area contributed by atoms with Gasteiger partial charge in [-0.1, -0.05) is 6.07 Å². The molecule has 0 saturated heterocycles. The van der Waals surface area contributed by atoms with Crippen LogP contribution in [0.3, 0.4) is 0 Å². The van der Waals surface area contributed by atoms with E-state index in [2.05, 4.69) is 36.0 Å².